The molecular weight excluding hydrogens is 340 g/mol. The molecule has 0 aliphatic carbocycles. The third-order valence-electron chi connectivity index (χ3n) is 3.85. The van der Waals surface area contributed by atoms with Crippen molar-refractivity contribution in [2.24, 2.45) is 0 Å². The summed E-state index contributed by atoms with van der Waals surface area (Å²) in [5.74, 6) is -0.570. The zero-order valence-electron chi connectivity index (χ0n) is 14.0. The highest BCUT2D eigenvalue weighted by atomic mass is 32.1. The first kappa shape index (κ1) is 17.2. The van der Waals surface area contributed by atoms with Gasteiger partial charge in [0, 0.05) is 29.9 Å². The number of nitrogens with zero attached hydrogens (tertiary/aromatic N) is 4. The Labute approximate surface area is 148 Å². The molecule has 130 valence electrons. The van der Waals surface area contributed by atoms with Crippen molar-refractivity contribution in [3.8, 4) is 11.4 Å². The van der Waals surface area contributed by atoms with Crippen LogP contribution in [0, 0.1) is 0 Å². The first-order valence-corrected chi connectivity index (χ1v) is 8.67. The van der Waals surface area contributed by atoms with E-state index in [1.54, 1.807) is 29.1 Å². The number of aromatic nitrogens is 3. The minimum atomic E-state index is -1.11. The van der Waals surface area contributed by atoms with Gasteiger partial charge < -0.3 is 10.0 Å². The number of aromatic carboxylic acids is 1. The molecule has 0 bridgehead atoms. The van der Waals surface area contributed by atoms with Gasteiger partial charge >= 0.3 is 5.97 Å². The summed E-state index contributed by atoms with van der Waals surface area (Å²) < 4.78 is 1.57. The highest BCUT2D eigenvalue weighted by molar-refractivity contribution is 7.17. The summed E-state index contributed by atoms with van der Waals surface area (Å²) in [7, 11) is 3.94. The lowest BCUT2D eigenvalue weighted by Crippen LogP contribution is -2.26. The van der Waals surface area contributed by atoms with Crippen LogP contribution in [0.5, 0.6) is 0 Å². The summed E-state index contributed by atoms with van der Waals surface area (Å²) in [5.41, 5.74) is 0.485. The molecule has 0 fully saturated rings. The van der Waals surface area contributed by atoms with Crippen molar-refractivity contribution in [2.45, 2.75) is 13.0 Å². The van der Waals surface area contributed by atoms with E-state index in [0.29, 0.717) is 17.2 Å². The Hall–Kier alpha value is -2.58. The summed E-state index contributed by atoms with van der Waals surface area (Å²) in [4.78, 5) is 35.5. The van der Waals surface area contributed by atoms with Crippen LogP contribution in [0.3, 0.4) is 0 Å². The normalized spacial score (nSPS) is 11.3. The average Bonchev–Trinajstić information content (AvgIpc) is 3.01. The number of pyridine rings is 1. The zero-order valence-corrected chi connectivity index (χ0v) is 14.8. The quantitative estimate of drug-likeness (QED) is 0.726. The summed E-state index contributed by atoms with van der Waals surface area (Å²) in [5, 5.41) is 11.0. The summed E-state index contributed by atoms with van der Waals surface area (Å²) >= 11 is 1.17. The van der Waals surface area contributed by atoms with Crippen molar-refractivity contribution >= 4 is 27.5 Å². The van der Waals surface area contributed by atoms with Gasteiger partial charge in [0.05, 0.1) is 10.9 Å². The predicted molar refractivity (Wildman–Crippen MR) is 97.2 cm³/mol. The van der Waals surface area contributed by atoms with E-state index >= 15 is 0 Å². The molecule has 0 radical (unpaired) electrons. The van der Waals surface area contributed by atoms with Crippen molar-refractivity contribution in [3.63, 3.8) is 0 Å². The molecule has 3 rings (SSSR count). The summed E-state index contributed by atoms with van der Waals surface area (Å²) in [6.07, 6.45) is 4.05. The fourth-order valence-corrected chi connectivity index (χ4v) is 3.56. The first-order valence-electron chi connectivity index (χ1n) is 7.79. The Morgan fingerprint density at radius 1 is 1.32 bits per heavy atom. The van der Waals surface area contributed by atoms with E-state index in [-0.39, 0.29) is 16.5 Å². The van der Waals surface area contributed by atoms with E-state index in [4.69, 9.17) is 0 Å². The minimum Gasteiger partial charge on any atom is -0.478 e. The molecule has 25 heavy (non-hydrogen) atoms. The second-order valence-electron chi connectivity index (χ2n) is 5.92. The van der Waals surface area contributed by atoms with Gasteiger partial charge in [-0.25, -0.2) is 9.78 Å². The fraction of sp³-hybridized carbons (Fsp3) is 0.294. The molecule has 8 heteroatoms. The summed E-state index contributed by atoms with van der Waals surface area (Å²) in [6, 6.07) is 3.59. The highest BCUT2D eigenvalue weighted by Crippen LogP contribution is 2.25. The van der Waals surface area contributed by atoms with Crippen LogP contribution in [0.2, 0.25) is 0 Å². The maximum absolute atomic E-state index is 13.0. The number of carbonyl (C=O) groups is 1. The Morgan fingerprint density at radius 2 is 2.04 bits per heavy atom. The molecule has 7 nitrogen and oxygen atoms in total. The van der Waals surface area contributed by atoms with E-state index in [1.807, 2.05) is 19.0 Å². The van der Waals surface area contributed by atoms with Crippen LogP contribution in [0.25, 0.3) is 21.6 Å². The van der Waals surface area contributed by atoms with Gasteiger partial charge in [0.25, 0.3) is 5.56 Å². The molecule has 0 aliphatic heterocycles. The molecule has 0 aliphatic rings. The van der Waals surface area contributed by atoms with Gasteiger partial charge in [0.15, 0.2) is 0 Å². The van der Waals surface area contributed by atoms with Gasteiger partial charge in [0.2, 0.25) is 0 Å². The predicted octanol–water partition coefficient (Wildman–Crippen LogP) is 2.17. The van der Waals surface area contributed by atoms with Crippen molar-refractivity contribution in [3.05, 3.63) is 45.8 Å². The molecular formula is C17H18N4O3S. The number of hydrogen-bond donors (Lipinski definition) is 1. The lowest BCUT2D eigenvalue weighted by Gasteiger charge is -2.14. The smallest absolute Gasteiger partial charge is 0.337 e. The first-order chi connectivity index (χ1) is 12.0. The molecule has 0 saturated heterocycles. The third-order valence-corrected chi connectivity index (χ3v) is 4.72. The van der Waals surface area contributed by atoms with E-state index in [0.717, 1.165) is 18.5 Å². The summed E-state index contributed by atoms with van der Waals surface area (Å²) in [6.45, 7) is 1.28. The number of thiophene rings is 1. The van der Waals surface area contributed by atoms with Gasteiger partial charge in [-0.05, 0) is 39.2 Å². The largest absolute Gasteiger partial charge is 0.478 e. The molecule has 0 spiro atoms. The van der Waals surface area contributed by atoms with Crippen LogP contribution in [-0.2, 0) is 6.54 Å². The molecule has 3 aromatic rings. The van der Waals surface area contributed by atoms with E-state index in [1.165, 1.54) is 16.7 Å². The zero-order chi connectivity index (χ0) is 18.0. The maximum Gasteiger partial charge on any atom is 0.337 e. The topological polar surface area (TPSA) is 88.3 Å². The van der Waals surface area contributed by atoms with Crippen molar-refractivity contribution in [1.82, 2.24) is 19.4 Å². The molecule has 0 amide bonds. The number of fused-ring (bicyclic) bond motifs is 1. The lowest BCUT2D eigenvalue weighted by molar-refractivity contribution is 0.0699. The van der Waals surface area contributed by atoms with Crippen LogP contribution < -0.4 is 5.56 Å². The van der Waals surface area contributed by atoms with E-state index in [2.05, 4.69) is 9.97 Å². The fourth-order valence-electron chi connectivity index (χ4n) is 2.66. The second-order valence-corrected chi connectivity index (χ2v) is 6.78. The van der Waals surface area contributed by atoms with Crippen LogP contribution in [-0.4, -0.2) is 51.2 Å². The number of hydrogen-bond acceptors (Lipinski definition) is 6. The molecule has 0 unspecified atom stereocenters. The minimum absolute atomic E-state index is 0.0140. The molecule has 3 heterocycles. The molecule has 1 N–H and O–H groups in total. The molecule has 0 atom stereocenters. The molecule has 0 aromatic carbocycles. The average molecular weight is 358 g/mol. The Bertz CT molecular complexity index is 963. The van der Waals surface area contributed by atoms with Gasteiger partial charge in [-0.3, -0.25) is 14.3 Å². The van der Waals surface area contributed by atoms with E-state index < -0.39 is 5.97 Å². The Kier molecular flexibility index (Phi) is 4.91. The van der Waals surface area contributed by atoms with Crippen molar-refractivity contribution in [1.29, 1.82) is 0 Å². The van der Waals surface area contributed by atoms with Crippen molar-refractivity contribution in [2.75, 3.05) is 20.6 Å². The van der Waals surface area contributed by atoms with E-state index in [9.17, 15) is 14.7 Å². The number of rotatable bonds is 6. The number of carboxylic acid groups (broad SMARTS) is 1. The standard InChI is InChI=1S/C17H18N4O3S/c1-20(2)8-3-9-21-14(11-4-6-18-7-5-11)19-15-13(16(21)22)12(10-25-15)17(23)24/h4-7,10H,3,8-9H2,1-2H3,(H,23,24). The monoisotopic (exact) mass is 358 g/mol. The Morgan fingerprint density at radius 3 is 2.68 bits per heavy atom. The Balaban J connectivity index is 2.19. The number of carboxylic acids is 1. The SMILES string of the molecule is CN(C)CCCn1c(-c2ccncc2)nc2scc(C(=O)O)c2c1=O. The van der Waals surface area contributed by atoms with Gasteiger partial charge in [-0.2, -0.15) is 0 Å². The van der Waals surface area contributed by atoms with Crippen LogP contribution in [0.1, 0.15) is 16.8 Å². The van der Waals surface area contributed by atoms with Crippen LogP contribution >= 0.6 is 11.3 Å². The molecule has 3 aromatic heterocycles. The van der Waals surface area contributed by atoms with Crippen molar-refractivity contribution < 1.29 is 9.90 Å². The second kappa shape index (κ2) is 7.12. The highest BCUT2D eigenvalue weighted by Gasteiger charge is 2.20. The van der Waals surface area contributed by atoms with Gasteiger partial charge in [0.1, 0.15) is 10.7 Å². The lowest BCUT2D eigenvalue weighted by atomic mass is 10.2. The van der Waals surface area contributed by atoms with Crippen LogP contribution in [0.4, 0.5) is 0 Å². The third kappa shape index (κ3) is 3.45. The van der Waals surface area contributed by atoms with Gasteiger partial charge in [-0.15, -0.1) is 11.3 Å². The molecule has 0 saturated carbocycles. The van der Waals surface area contributed by atoms with Gasteiger partial charge in [-0.1, -0.05) is 0 Å². The maximum atomic E-state index is 13.0. The van der Waals surface area contributed by atoms with Crippen LogP contribution in [0.15, 0.2) is 34.7 Å².